The molecule has 5 nitrogen and oxygen atoms in total. The monoisotopic (exact) mass is 344 g/mol. The second-order valence-corrected chi connectivity index (χ2v) is 9.35. The molecule has 2 amide bonds. The molecule has 0 aromatic carbocycles. The Labute approximate surface area is 136 Å². The highest BCUT2D eigenvalue weighted by Gasteiger charge is 2.28. The van der Waals surface area contributed by atoms with Crippen LogP contribution in [0.3, 0.4) is 0 Å². The van der Waals surface area contributed by atoms with Gasteiger partial charge in [0, 0.05) is 16.3 Å². The van der Waals surface area contributed by atoms with Gasteiger partial charge < -0.3 is 10.6 Å². The van der Waals surface area contributed by atoms with Gasteiger partial charge in [-0.3, -0.25) is 0 Å². The van der Waals surface area contributed by atoms with Crippen molar-refractivity contribution in [2.45, 2.75) is 39.7 Å². The maximum absolute atomic E-state index is 11.9. The SMILES string of the molecule is CCc1sc([C@H](C)NC(=O)NC[C@H]2CCS(=O)(=O)C2)cc1C. The van der Waals surface area contributed by atoms with E-state index in [1.807, 2.05) is 6.92 Å². The minimum Gasteiger partial charge on any atom is -0.338 e. The van der Waals surface area contributed by atoms with Crippen molar-refractivity contribution in [1.82, 2.24) is 10.6 Å². The maximum Gasteiger partial charge on any atom is 0.315 e. The van der Waals surface area contributed by atoms with E-state index in [1.54, 1.807) is 11.3 Å². The topological polar surface area (TPSA) is 75.3 Å². The lowest BCUT2D eigenvalue weighted by atomic mass is 10.1. The van der Waals surface area contributed by atoms with Gasteiger partial charge in [0.15, 0.2) is 9.84 Å². The Balaban J connectivity index is 1.81. The van der Waals surface area contributed by atoms with E-state index in [-0.39, 0.29) is 29.5 Å². The van der Waals surface area contributed by atoms with E-state index in [0.29, 0.717) is 13.0 Å². The fourth-order valence-electron chi connectivity index (χ4n) is 2.70. The highest BCUT2D eigenvalue weighted by molar-refractivity contribution is 7.91. The predicted octanol–water partition coefficient (Wildman–Crippen LogP) is 2.41. The van der Waals surface area contributed by atoms with Crippen LogP contribution in [-0.4, -0.2) is 32.5 Å². The number of sulfone groups is 1. The summed E-state index contributed by atoms with van der Waals surface area (Å²) in [5.41, 5.74) is 1.27. The van der Waals surface area contributed by atoms with Gasteiger partial charge in [-0.05, 0) is 44.2 Å². The number of hydrogen-bond donors (Lipinski definition) is 2. The molecule has 0 spiro atoms. The Morgan fingerprint density at radius 1 is 1.50 bits per heavy atom. The van der Waals surface area contributed by atoms with E-state index in [4.69, 9.17) is 0 Å². The predicted molar refractivity (Wildman–Crippen MR) is 90.1 cm³/mol. The second-order valence-electron chi connectivity index (χ2n) is 5.95. The maximum atomic E-state index is 11.9. The summed E-state index contributed by atoms with van der Waals surface area (Å²) in [6.45, 7) is 6.60. The second kappa shape index (κ2) is 7.00. The molecule has 1 aromatic rings. The van der Waals surface area contributed by atoms with Crippen molar-refractivity contribution < 1.29 is 13.2 Å². The molecule has 1 saturated heterocycles. The van der Waals surface area contributed by atoms with Gasteiger partial charge in [0.1, 0.15) is 0 Å². The number of thiophene rings is 1. The molecule has 124 valence electrons. The Morgan fingerprint density at radius 2 is 2.23 bits per heavy atom. The number of carbonyl (C=O) groups is 1. The number of carbonyl (C=O) groups excluding carboxylic acids is 1. The molecular formula is C15H24N2O3S2. The molecule has 1 aliphatic rings. The van der Waals surface area contributed by atoms with Crippen LogP contribution in [0.5, 0.6) is 0 Å². The average molecular weight is 345 g/mol. The zero-order valence-electron chi connectivity index (χ0n) is 13.3. The highest BCUT2D eigenvalue weighted by atomic mass is 32.2. The molecule has 2 N–H and O–H groups in total. The average Bonchev–Trinajstić information content (AvgIpc) is 2.99. The van der Waals surface area contributed by atoms with Gasteiger partial charge in [-0.2, -0.15) is 0 Å². The van der Waals surface area contributed by atoms with Crippen LogP contribution in [-0.2, 0) is 16.3 Å². The van der Waals surface area contributed by atoms with Gasteiger partial charge in [0.05, 0.1) is 17.5 Å². The van der Waals surface area contributed by atoms with E-state index >= 15 is 0 Å². The quantitative estimate of drug-likeness (QED) is 0.861. The minimum atomic E-state index is -2.88. The lowest BCUT2D eigenvalue weighted by Crippen LogP contribution is -2.39. The lowest BCUT2D eigenvalue weighted by molar-refractivity contribution is 0.236. The highest BCUT2D eigenvalue weighted by Crippen LogP contribution is 2.27. The van der Waals surface area contributed by atoms with Crippen LogP contribution in [0, 0.1) is 12.8 Å². The molecule has 0 aliphatic carbocycles. The van der Waals surface area contributed by atoms with Crippen LogP contribution in [0.4, 0.5) is 4.79 Å². The largest absolute Gasteiger partial charge is 0.338 e. The molecule has 2 atom stereocenters. The summed E-state index contributed by atoms with van der Waals surface area (Å²) >= 11 is 1.73. The third-order valence-electron chi connectivity index (χ3n) is 4.01. The molecule has 7 heteroatoms. The number of rotatable bonds is 5. The molecule has 2 rings (SSSR count). The third kappa shape index (κ3) is 4.46. The summed E-state index contributed by atoms with van der Waals surface area (Å²) in [5.74, 6) is 0.472. The number of hydrogen-bond acceptors (Lipinski definition) is 4. The fourth-order valence-corrected chi connectivity index (χ4v) is 5.68. The Bertz CT molecular complexity index is 637. The molecule has 22 heavy (non-hydrogen) atoms. The van der Waals surface area contributed by atoms with Gasteiger partial charge in [-0.1, -0.05) is 6.92 Å². The molecule has 1 aromatic heterocycles. The van der Waals surface area contributed by atoms with Crippen LogP contribution in [0.1, 0.15) is 41.6 Å². The van der Waals surface area contributed by atoms with Crippen molar-refractivity contribution in [1.29, 1.82) is 0 Å². The van der Waals surface area contributed by atoms with Crippen LogP contribution >= 0.6 is 11.3 Å². The standard InChI is InChI=1S/C15H24N2O3S2/c1-4-13-10(2)7-14(21-13)11(3)17-15(18)16-8-12-5-6-22(19,20)9-12/h7,11-12H,4-6,8-9H2,1-3H3,(H2,16,17,18)/t11-,12+/m0/s1. The Hall–Kier alpha value is -1.08. The first-order valence-electron chi connectivity index (χ1n) is 7.64. The number of aryl methyl sites for hydroxylation is 2. The fraction of sp³-hybridized carbons (Fsp3) is 0.667. The summed E-state index contributed by atoms with van der Waals surface area (Å²) < 4.78 is 22.8. The first-order chi connectivity index (χ1) is 10.3. The summed E-state index contributed by atoms with van der Waals surface area (Å²) in [6, 6.07) is 1.84. The molecule has 0 unspecified atom stereocenters. The van der Waals surface area contributed by atoms with Crippen LogP contribution in [0.25, 0.3) is 0 Å². The minimum absolute atomic E-state index is 0.0433. The third-order valence-corrected chi connectivity index (χ3v) is 7.41. The van der Waals surface area contributed by atoms with E-state index < -0.39 is 9.84 Å². The zero-order chi connectivity index (χ0) is 16.3. The molecule has 0 bridgehead atoms. The Morgan fingerprint density at radius 3 is 2.77 bits per heavy atom. The molecule has 1 aliphatic heterocycles. The van der Waals surface area contributed by atoms with Crippen molar-refractivity contribution in [3.05, 3.63) is 21.4 Å². The van der Waals surface area contributed by atoms with Crippen molar-refractivity contribution in [2.24, 2.45) is 5.92 Å². The molecular weight excluding hydrogens is 320 g/mol. The molecule has 2 heterocycles. The molecule has 0 radical (unpaired) electrons. The smallest absolute Gasteiger partial charge is 0.315 e. The zero-order valence-corrected chi connectivity index (χ0v) is 14.9. The van der Waals surface area contributed by atoms with Crippen molar-refractivity contribution in [2.75, 3.05) is 18.1 Å². The molecule has 1 fully saturated rings. The summed E-state index contributed by atoms with van der Waals surface area (Å²) in [4.78, 5) is 14.4. The van der Waals surface area contributed by atoms with Crippen molar-refractivity contribution in [3.63, 3.8) is 0 Å². The van der Waals surface area contributed by atoms with Gasteiger partial charge >= 0.3 is 6.03 Å². The van der Waals surface area contributed by atoms with Crippen molar-refractivity contribution in [3.8, 4) is 0 Å². The van der Waals surface area contributed by atoms with Gasteiger partial charge in [0.25, 0.3) is 0 Å². The lowest BCUT2D eigenvalue weighted by Gasteiger charge is -2.15. The number of nitrogens with one attached hydrogen (secondary N) is 2. The molecule has 0 saturated carbocycles. The van der Waals surface area contributed by atoms with Gasteiger partial charge in [-0.25, -0.2) is 13.2 Å². The summed E-state index contributed by atoms with van der Waals surface area (Å²) in [6.07, 6.45) is 1.65. The van der Waals surface area contributed by atoms with E-state index in [9.17, 15) is 13.2 Å². The van der Waals surface area contributed by atoms with Gasteiger partial charge in [0.2, 0.25) is 0 Å². The first-order valence-corrected chi connectivity index (χ1v) is 10.3. The van der Waals surface area contributed by atoms with Crippen LogP contribution in [0.2, 0.25) is 0 Å². The van der Waals surface area contributed by atoms with Crippen LogP contribution in [0.15, 0.2) is 6.07 Å². The Kier molecular flexibility index (Phi) is 5.50. The normalized spacial score (nSPS) is 21.5. The van der Waals surface area contributed by atoms with Gasteiger partial charge in [-0.15, -0.1) is 11.3 Å². The van der Waals surface area contributed by atoms with Crippen LogP contribution < -0.4 is 10.6 Å². The summed E-state index contributed by atoms with van der Waals surface area (Å²) in [7, 11) is -2.88. The first kappa shape index (κ1) is 17.3. The van der Waals surface area contributed by atoms with Crippen molar-refractivity contribution >= 4 is 27.2 Å². The van der Waals surface area contributed by atoms with E-state index in [0.717, 1.165) is 11.3 Å². The van der Waals surface area contributed by atoms with E-state index in [1.165, 1.54) is 10.4 Å². The van der Waals surface area contributed by atoms with E-state index in [2.05, 4.69) is 30.5 Å². The summed E-state index contributed by atoms with van der Waals surface area (Å²) in [5, 5.41) is 5.70. The number of amides is 2. The number of urea groups is 1.